The molecule has 0 fully saturated rings. The fraction of sp³-hybridized carbons (Fsp3) is 0.200. The molecule has 0 aliphatic heterocycles. The number of hydrogen-bond acceptors (Lipinski definition) is 7. The fourth-order valence-electron chi connectivity index (χ4n) is 3.61. The average Bonchev–Trinajstić information content (AvgIpc) is 3.23. The van der Waals surface area contributed by atoms with Gasteiger partial charge in [0.1, 0.15) is 23.5 Å². The molecule has 0 amide bonds. The molecule has 8 nitrogen and oxygen atoms in total. The monoisotopic (exact) mass is 562 g/mol. The summed E-state index contributed by atoms with van der Waals surface area (Å²) in [6.45, 7) is 1.31. The number of methoxy groups -OCH3 is 1. The first-order valence-electron chi connectivity index (χ1n) is 11.0. The van der Waals surface area contributed by atoms with Crippen molar-refractivity contribution in [1.82, 2.24) is 14.8 Å². The maximum atomic E-state index is 14.0. The molecule has 1 aromatic heterocycles. The highest BCUT2D eigenvalue weighted by molar-refractivity contribution is 7.99. The first-order chi connectivity index (χ1) is 17.8. The van der Waals surface area contributed by atoms with E-state index in [9.17, 15) is 14.5 Å². The van der Waals surface area contributed by atoms with Crippen LogP contribution in [0.2, 0.25) is 10.0 Å². The van der Waals surface area contributed by atoms with E-state index < -0.39 is 22.5 Å². The van der Waals surface area contributed by atoms with E-state index in [1.807, 2.05) is 12.1 Å². The van der Waals surface area contributed by atoms with Crippen LogP contribution in [0.1, 0.15) is 22.2 Å². The van der Waals surface area contributed by atoms with E-state index in [1.165, 1.54) is 24.9 Å². The maximum absolute atomic E-state index is 14.0. The van der Waals surface area contributed by atoms with Crippen molar-refractivity contribution < 1.29 is 18.8 Å². The molecular weight excluding hydrogens is 542 g/mol. The number of hydrogen-bond donors (Lipinski definition) is 0. The van der Waals surface area contributed by atoms with Crippen LogP contribution in [-0.2, 0) is 6.61 Å². The zero-order valence-electron chi connectivity index (χ0n) is 19.7. The molecule has 0 aliphatic carbocycles. The quantitative estimate of drug-likeness (QED) is 0.120. The number of benzene rings is 3. The summed E-state index contributed by atoms with van der Waals surface area (Å²) in [5.41, 5.74) is 1.65. The SMILES string of the molecule is COc1cc([C@H](C[N+](=O)[O-])Sc2nnc(C)n2-c2ccc(Cl)cc2)cc(Cl)c1OCc1ccccc1F. The molecule has 0 saturated carbocycles. The minimum absolute atomic E-state index is 0.0708. The summed E-state index contributed by atoms with van der Waals surface area (Å²) in [5, 5.41) is 20.5. The fourth-order valence-corrected chi connectivity index (χ4v) is 5.16. The van der Waals surface area contributed by atoms with Crippen LogP contribution in [0.25, 0.3) is 5.69 Å². The molecule has 1 heterocycles. The Labute approximate surface area is 226 Å². The Balaban J connectivity index is 1.66. The Morgan fingerprint density at radius 2 is 1.86 bits per heavy atom. The highest BCUT2D eigenvalue weighted by Crippen LogP contribution is 2.43. The first kappa shape index (κ1) is 26.7. The lowest BCUT2D eigenvalue weighted by atomic mass is 10.1. The van der Waals surface area contributed by atoms with E-state index in [0.717, 1.165) is 5.69 Å². The summed E-state index contributed by atoms with van der Waals surface area (Å²) in [6, 6.07) is 16.5. The summed E-state index contributed by atoms with van der Waals surface area (Å²) in [5.74, 6) is 0.679. The number of aryl methyl sites for hydroxylation is 1. The molecule has 4 aromatic rings. The summed E-state index contributed by atoms with van der Waals surface area (Å²) >= 11 is 13.7. The van der Waals surface area contributed by atoms with Crippen LogP contribution in [-0.4, -0.2) is 33.3 Å². The highest BCUT2D eigenvalue weighted by Gasteiger charge is 2.26. The van der Waals surface area contributed by atoms with Gasteiger partial charge in [-0.1, -0.05) is 53.2 Å². The highest BCUT2D eigenvalue weighted by atomic mass is 35.5. The molecule has 0 spiro atoms. The van der Waals surface area contributed by atoms with Crippen molar-refractivity contribution in [1.29, 1.82) is 0 Å². The number of rotatable bonds is 10. The number of nitro groups is 1. The van der Waals surface area contributed by atoms with Gasteiger partial charge in [-0.15, -0.1) is 10.2 Å². The van der Waals surface area contributed by atoms with Gasteiger partial charge in [0, 0.05) is 21.2 Å². The van der Waals surface area contributed by atoms with E-state index >= 15 is 0 Å². The van der Waals surface area contributed by atoms with Crippen LogP contribution < -0.4 is 9.47 Å². The normalized spacial score (nSPS) is 11.8. The lowest BCUT2D eigenvalue weighted by Gasteiger charge is -2.18. The van der Waals surface area contributed by atoms with Gasteiger partial charge in [0.15, 0.2) is 16.7 Å². The minimum atomic E-state index is -0.684. The Bertz CT molecular complexity index is 1420. The topological polar surface area (TPSA) is 92.3 Å². The third-order valence-corrected chi connectivity index (χ3v) is 7.11. The molecule has 0 bridgehead atoms. The molecule has 0 saturated heterocycles. The summed E-state index contributed by atoms with van der Waals surface area (Å²) in [6.07, 6.45) is 0. The summed E-state index contributed by atoms with van der Waals surface area (Å²) in [4.78, 5) is 11.2. The lowest BCUT2D eigenvalue weighted by molar-refractivity contribution is -0.479. The number of thioether (sulfide) groups is 1. The zero-order valence-corrected chi connectivity index (χ0v) is 22.1. The number of nitrogens with zero attached hydrogens (tertiary/aromatic N) is 4. The predicted octanol–water partition coefficient (Wildman–Crippen LogP) is 6.72. The standard InChI is InChI=1S/C25H21Cl2FN4O4S/c1-15-29-30-25(32(15)19-9-7-18(26)8-10-19)37-23(13-31(33)34)17-11-20(27)24(22(12-17)35-2)36-14-16-5-3-4-6-21(16)28/h3-12,23H,13-14H2,1-2H3/t23-/m0/s1. The second-order valence-corrected chi connectivity index (χ2v) is 9.89. The molecular formula is C25H21Cl2FN4O4S. The molecule has 1 atom stereocenters. The van der Waals surface area contributed by atoms with Crippen LogP contribution in [0.15, 0.2) is 65.8 Å². The molecule has 37 heavy (non-hydrogen) atoms. The van der Waals surface area contributed by atoms with Gasteiger partial charge in [0.2, 0.25) is 6.54 Å². The van der Waals surface area contributed by atoms with Crippen molar-refractivity contribution in [2.75, 3.05) is 13.7 Å². The second-order valence-electron chi connectivity index (χ2n) is 7.88. The molecule has 192 valence electrons. The van der Waals surface area contributed by atoms with Gasteiger partial charge in [0.05, 0.1) is 12.1 Å². The zero-order chi connectivity index (χ0) is 26.5. The van der Waals surface area contributed by atoms with Gasteiger partial charge >= 0.3 is 0 Å². The third-order valence-electron chi connectivity index (χ3n) is 5.40. The van der Waals surface area contributed by atoms with Crippen LogP contribution in [0.4, 0.5) is 4.39 Å². The minimum Gasteiger partial charge on any atom is -0.493 e. The van der Waals surface area contributed by atoms with Crippen molar-refractivity contribution in [2.45, 2.75) is 23.9 Å². The second kappa shape index (κ2) is 11.8. The molecule has 0 N–H and O–H groups in total. The van der Waals surface area contributed by atoms with Crippen molar-refractivity contribution in [3.05, 3.63) is 104 Å². The first-order valence-corrected chi connectivity index (χ1v) is 12.6. The van der Waals surface area contributed by atoms with Crippen LogP contribution in [0.3, 0.4) is 0 Å². The van der Waals surface area contributed by atoms with Gasteiger partial charge in [-0.05, 0) is 55.0 Å². The van der Waals surface area contributed by atoms with Crippen molar-refractivity contribution in [3.8, 4) is 17.2 Å². The summed E-state index contributed by atoms with van der Waals surface area (Å²) in [7, 11) is 1.43. The number of halogens is 3. The summed E-state index contributed by atoms with van der Waals surface area (Å²) < 4.78 is 27.1. The van der Waals surface area contributed by atoms with E-state index in [2.05, 4.69) is 10.2 Å². The van der Waals surface area contributed by atoms with Crippen molar-refractivity contribution in [2.24, 2.45) is 0 Å². The Kier molecular flexibility index (Phi) is 8.52. The molecule has 0 aliphatic rings. The van der Waals surface area contributed by atoms with E-state index in [1.54, 1.807) is 54.0 Å². The Morgan fingerprint density at radius 1 is 1.14 bits per heavy atom. The van der Waals surface area contributed by atoms with Crippen molar-refractivity contribution in [3.63, 3.8) is 0 Å². The average molecular weight is 563 g/mol. The Morgan fingerprint density at radius 3 is 2.54 bits per heavy atom. The number of aromatic nitrogens is 3. The molecule has 0 unspecified atom stereocenters. The van der Waals surface area contributed by atoms with Crippen LogP contribution in [0.5, 0.6) is 11.5 Å². The predicted molar refractivity (Wildman–Crippen MR) is 140 cm³/mol. The molecule has 12 heteroatoms. The van der Waals surface area contributed by atoms with E-state index in [-0.39, 0.29) is 23.1 Å². The smallest absolute Gasteiger partial charge is 0.220 e. The maximum Gasteiger partial charge on any atom is 0.220 e. The van der Waals surface area contributed by atoms with E-state index in [4.69, 9.17) is 32.7 Å². The molecule has 3 aromatic carbocycles. The Hall–Kier alpha value is -3.34. The molecule has 0 radical (unpaired) electrons. The van der Waals surface area contributed by atoms with Gasteiger partial charge in [-0.2, -0.15) is 0 Å². The number of ether oxygens (including phenoxy) is 2. The van der Waals surface area contributed by atoms with E-state index in [0.29, 0.717) is 27.1 Å². The van der Waals surface area contributed by atoms with Crippen molar-refractivity contribution >= 4 is 35.0 Å². The lowest BCUT2D eigenvalue weighted by Crippen LogP contribution is -2.12. The van der Waals surface area contributed by atoms with Gasteiger partial charge in [-0.25, -0.2) is 4.39 Å². The third kappa shape index (κ3) is 6.33. The van der Waals surface area contributed by atoms with Crippen LogP contribution >= 0.6 is 35.0 Å². The van der Waals surface area contributed by atoms with Crippen LogP contribution in [0, 0.1) is 22.9 Å². The largest absolute Gasteiger partial charge is 0.493 e. The van der Waals surface area contributed by atoms with Gasteiger partial charge in [0.25, 0.3) is 0 Å². The molecule has 4 rings (SSSR count). The van der Waals surface area contributed by atoms with Gasteiger partial charge in [-0.3, -0.25) is 14.7 Å². The van der Waals surface area contributed by atoms with Gasteiger partial charge < -0.3 is 9.47 Å².